The summed E-state index contributed by atoms with van der Waals surface area (Å²) in [5.41, 5.74) is 3.25. The second kappa shape index (κ2) is 5.63. The molecular formula is C12H18N2O2. The first-order valence-corrected chi connectivity index (χ1v) is 5.22. The number of nitrogens with zero attached hydrogens (tertiary/aromatic N) is 1. The first-order chi connectivity index (χ1) is 7.51. The van der Waals surface area contributed by atoms with Gasteiger partial charge in [0.1, 0.15) is 0 Å². The molecule has 0 aliphatic heterocycles. The second-order valence-electron chi connectivity index (χ2n) is 4.47. The van der Waals surface area contributed by atoms with Crippen LogP contribution in [0.4, 0.5) is 0 Å². The number of benzene rings is 1. The Hall–Kier alpha value is -1.39. The maximum absolute atomic E-state index is 10.5. The summed E-state index contributed by atoms with van der Waals surface area (Å²) in [6, 6.07) is 9.81. The van der Waals surface area contributed by atoms with Crippen molar-refractivity contribution < 1.29 is 9.63 Å². The quantitative estimate of drug-likeness (QED) is 0.611. The molecule has 0 aromatic heterocycles. The van der Waals surface area contributed by atoms with Crippen LogP contribution in [0.15, 0.2) is 30.3 Å². The van der Waals surface area contributed by atoms with Crippen LogP contribution < -0.4 is 5.43 Å². The van der Waals surface area contributed by atoms with Crippen LogP contribution in [0.2, 0.25) is 0 Å². The Morgan fingerprint density at radius 2 is 1.94 bits per heavy atom. The fraction of sp³-hybridized carbons (Fsp3) is 0.417. The van der Waals surface area contributed by atoms with Crippen molar-refractivity contribution in [2.45, 2.75) is 32.9 Å². The zero-order valence-electron chi connectivity index (χ0n) is 9.93. The molecule has 16 heavy (non-hydrogen) atoms. The lowest BCUT2D eigenvalue weighted by Gasteiger charge is -2.28. The number of hydrogen-bond donors (Lipinski definition) is 1. The van der Waals surface area contributed by atoms with Gasteiger partial charge in [0.15, 0.2) is 0 Å². The van der Waals surface area contributed by atoms with Crippen LogP contribution >= 0.6 is 0 Å². The summed E-state index contributed by atoms with van der Waals surface area (Å²) in [7, 11) is 0. The van der Waals surface area contributed by atoms with E-state index in [2.05, 4.69) is 5.43 Å². The molecular weight excluding hydrogens is 204 g/mol. The molecule has 88 valence electrons. The zero-order valence-corrected chi connectivity index (χ0v) is 9.93. The average molecular weight is 222 g/mol. The van der Waals surface area contributed by atoms with Crippen molar-refractivity contribution in [1.82, 2.24) is 10.6 Å². The maximum atomic E-state index is 10.5. The van der Waals surface area contributed by atoms with E-state index in [0.717, 1.165) is 5.56 Å². The SMILES string of the molecule is CC(C)(C)ON(Cc1ccccc1)NC=O. The monoisotopic (exact) mass is 222 g/mol. The molecule has 1 amide bonds. The first kappa shape index (κ1) is 12.7. The molecule has 0 saturated heterocycles. The minimum Gasteiger partial charge on any atom is -0.277 e. The van der Waals surface area contributed by atoms with Gasteiger partial charge in [0, 0.05) is 0 Å². The Balaban J connectivity index is 2.61. The van der Waals surface area contributed by atoms with Gasteiger partial charge in [0.25, 0.3) is 0 Å². The van der Waals surface area contributed by atoms with Crippen LogP contribution in [-0.2, 0) is 16.2 Å². The molecule has 1 N–H and O–H groups in total. The lowest BCUT2D eigenvalue weighted by molar-refractivity contribution is -0.258. The van der Waals surface area contributed by atoms with Crippen LogP contribution in [0.5, 0.6) is 0 Å². The molecule has 0 bridgehead atoms. The third-order valence-electron chi connectivity index (χ3n) is 1.75. The highest BCUT2D eigenvalue weighted by Crippen LogP contribution is 2.11. The predicted molar refractivity (Wildman–Crippen MR) is 62.0 cm³/mol. The van der Waals surface area contributed by atoms with Gasteiger partial charge in [0.05, 0.1) is 12.1 Å². The highest BCUT2D eigenvalue weighted by Gasteiger charge is 2.16. The van der Waals surface area contributed by atoms with Crippen molar-refractivity contribution in [3.63, 3.8) is 0 Å². The van der Waals surface area contributed by atoms with Gasteiger partial charge in [-0.05, 0) is 26.3 Å². The minimum atomic E-state index is -0.342. The lowest BCUT2D eigenvalue weighted by Crippen LogP contribution is -2.42. The smallest absolute Gasteiger partial charge is 0.223 e. The Bertz CT molecular complexity index is 320. The van der Waals surface area contributed by atoms with Crippen molar-refractivity contribution in [3.05, 3.63) is 35.9 Å². The predicted octanol–water partition coefficient (Wildman–Crippen LogP) is 1.88. The second-order valence-corrected chi connectivity index (χ2v) is 4.47. The standard InChI is InChI=1S/C12H18N2O2/c1-12(2,3)16-14(13-10-15)9-11-7-5-4-6-8-11/h4-8,10H,9H2,1-3H3,(H,13,15). The zero-order chi connectivity index (χ0) is 12.0. The normalized spacial score (nSPS) is 11.5. The van der Waals surface area contributed by atoms with Gasteiger partial charge in [-0.15, -0.1) is 0 Å². The molecule has 0 saturated carbocycles. The molecule has 0 aliphatic carbocycles. The molecule has 0 spiro atoms. The van der Waals surface area contributed by atoms with E-state index in [0.29, 0.717) is 13.0 Å². The lowest BCUT2D eigenvalue weighted by atomic mass is 10.2. The van der Waals surface area contributed by atoms with E-state index in [4.69, 9.17) is 4.84 Å². The molecule has 0 fully saturated rings. The van der Waals surface area contributed by atoms with Gasteiger partial charge in [-0.1, -0.05) is 35.5 Å². The van der Waals surface area contributed by atoms with Gasteiger partial charge in [-0.25, -0.2) is 0 Å². The number of hydrogen-bond acceptors (Lipinski definition) is 3. The summed E-state index contributed by atoms with van der Waals surface area (Å²) < 4.78 is 0. The molecule has 0 radical (unpaired) electrons. The third-order valence-corrected chi connectivity index (χ3v) is 1.75. The minimum absolute atomic E-state index is 0.342. The molecule has 1 aromatic rings. The van der Waals surface area contributed by atoms with E-state index in [-0.39, 0.29) is 5.60 Å². The van der Waals surface area contributed by atoms with Gasteiger partial charge in [0.2, 0.25) is 6.41 Å². The molecule has 1 aromatic carbocycles. The highest BCUT2D eigenvalue weighted by molar-refractivity contribution is 5.44. The van der Waals surface area contributed by atoms with Crippen molar-refractivity contribution in [3.8, 4) is 0 Å². The Morgan fingerprint density at radius 1 is 1.31 bits per heavy atom. The molecule has 0 unspecified atom stereocenters. The summed E-state index contributed by atoms with van der Waals surface area (Å²) in [6.07, 6.45) is 0.606. The Labute approximate surface area is 96.1 Å². The molecule has 0 atom stereocenters. The van der Waals surface area contributed by atoms with Crippen LogP contribution in [-0.4, -0.2) is 17.2 Å². The fourth-order valence-electron chi connectivity index (χ4n) is 1.24. The summed E-state index contributed by atoms with van der Waals surface area (Å²) in [5, 5.41) is 1.43. The molecule has 4 nitrogen and oxygen atoms in total. The van der Waals surface area contributed by atoms with Gasteiger partial charge < -0.3 is 0 Å². The van der Waals surface area contributed by atoms with E-state index in [1.54, 1.807) is 0 Å². The summed E-state index contributed by atoms with van der Waals surface area (Å²) in [6.45, 7) is 6.29. The summed E-state index contributed by atoms with van der Waals surface area (Å²) in [4.78, 5) is 16.0. The summed E-state index contributed by atoms with van der Waals surface area (Å²) in [5.74, 6) is 0. The van der Waals surface area contributed by atoms with E-state index in [1.165, 1.54) is 5.17 Å². The number of carbonyl (C=O) groups is 1. The van der Waals surface area contributed by atoms with E-state index in [1.807, 2.05) is 51.1 Å². The van der Waals surface area contributed by atoms with E-state index in [9.17, 15) is 4.79 Å². The number of hydrazine groups is 1. The van der Waals surface area contributed by atoms with Crippen LogP contribution in [0.25, 0.3) is 0 Å². The van der Waals surface area contributed by atoms with Crippen molar-refractivity contribution in [2.24, 2.45) is 0 Å². The van der Waals surface area contributed by atoms with Gasteiger partial charge in [-0.3, -0.25) is 15.1 Å². The fourth-order valence-corrected chi connectivity index (χ4v) is 1.24. The number of hydroxylamine groups is 1. The van der Waals surface area contributed by atoms with Crippen molar-refractivity contribution in [2.75, 3.05) is 0 Å². The third kappa shape index (κ3) is 4.91. The largest absolute Gasteiger partial charge is 0.277 e. The number of rotatable bonds is 5. The maximum Gasteiger partial charge on any atom is 0.223 e. The van der Waals surface area contributed by atoms with Crippen molar-refractivity contribution in [1.29, 1.82) is 0 Å². The summed E-state index contributed by atoms with van der Waals surface area (Å²) >= 11 is 0. The van der Waals surface area contributed by atoms with E-state index < -0.39 is 0 Å². The topological polar surface area (TPSA) is 41.6 Å². The van der Waals surface area contributed by atoms with E-state index >= 15 is 0 Å². The highest BCUT2D eigenvalue weighted by atomic mass is 16.7. The molecule has 1 rings (SSSR count). The number of nitrogens with one attached hydrogen (secondary N) is 1. The number of amides is 1. The molecule has 0 aliphatic rings. The Kier molecular flexibility index (Phi) is 4.46. The van der Waals surface area contributed by atoms with Gasteiger partial charge >= 0.3 is 0 Å². The number of carbonyl (C=O) groups excluding carboxylic acids is 1. The van der Waals surface area contributed by atoms with Crippen LogP contribution in [0.1, 0.15) is 26.3 Å². The van der Waals surface area contributed by atoms with Crippen LogP contribution in [0.3, 0.4) is 0 Å². The molecule has 0 heterocycles. The first-order valence-electron chi connectivity index (χ1n) is 5.22. The van der Waals surface area contributed by atoms with Crippen LogP contribution in [0, 0.1) is 0 Å². The molecule has 4 heteroatoms. The Morgan fingerprint density at radius 3 is 2.44 bits per heavy atom. The van der Waals surface area contributed by atoms with Crippen molar-refractivity contribution >= 4 is 6.41 Å². The van der Waals surface area contributed by atoms with Gasteiger partial charge in [-0.2, -0.15) is 0 Å². The average Bonchev–Trinajstić information content (AvgIpc) is 2.17.